The van der Waals surface area contributed by atoms with Gasteiger partial charge in [0.25, 0.3) is 0 Å². The minimum atomic E-state index is -0.955. The molecule has 7 nitrogen and oxygen atoms in total. The van der Waals surface area contributed by atoms with Crippen LogP contribution >= 0.6 is 0 Å². The van der Waals surface area contributed by atoms with Crippen molar-refractivity contribution in [1.29, 1.82) is 0 Å². The molecule has 0 radical (unpaired) electrons. The fourth-order valence-electron chi connectivity index (χ4n) is 2.20. The lowest BCUT2D eigenvalue weighted by molar-refractivity contribution is -0.137. The molecule has 0 spiro atoms. The number of hydrogen-bond donors (Lipinski definition) is 2. The molecule has 0 aromatic carbocycles. The van der Waals surface area contributed by atoms with Crippen LogP contribution in [0.4, 0.5) is 5.69 Å². The predicted octanol–water partition coefficient (Wildman–Crippen LogP) is 1.62. The fraction of sp³-hybridized carbons (Fsp3) is 0.615. The number of carboxylic acid groups (broad SMARTS) is 1. The maximum absolute atomic E-state index is 11.0. The zero-order valence-corrected chi connectivity index (χ0v) is 12.5. The van der Waals surface area contributed by atoms with E-state index in [1.54, 1.807) is 4.52 Å². The molecule has 0 aliphatic carbocycles. The number of fused-ring (bicyclic) bond motifs is 1. The average molecular weight is 279 g/mol. The van der Waals surface area contributed by atoms with E-state index in [0.717, 1.165) is 5.69 Å². The normalized spacial score (nSPS) is 12.5. The molecule has 110 valence electrons. The Labute approximate surface area is 117 Å². The Morgan fingerprint density at radius 2 is 1.95 bits per heavy atom. The second kappa shape index (κ2) is 4.50. The van der Waals surface area contributed by atoms with E-state index in [1.165, 1.54) is 4.68 Å². The van der Waals surface area contributed by atoms with Crippen molar-refractivity contribution in [2.75, 3.05) is 5.73 Å². The summed E-state index contributed by atoms with van der Waals surface area (Å²) in [5.74, 6) is -0.119. The number of rotatable bonds is 3. The molecule has 0 aliphatic heterocycles. The Kier molecular flexibility index (Phi) is 3.23. The van der Waals surface area contributed by atoms with Gasteiger partial charge in [-0.15, -0.1) is 0 Å². The van der Waals surface area contributed by atoms with Crippen LogP contribution in [0.3, 0.4) is 0 Å². The number of carbonyl (C=O) groups is 1. The number of aromatic nitrogens is 4. The minimum absolute atomic E-state index is 0.125. The van der Waals surface area contributed by atoms with Crippen molar-refractivity contribution in [3.63, 3.8) is 0 Å². The van der Waals surface area contributed by atoms with Gasteiger partial charge < -0.3 is 10.8 Å². The Morgan fingerprint density at radius 3 is 2.40 bits per heavy atom. The number of nitrogen functional groups attached to an aromatic ring is 1. The van der Waals surface area contributed by atoms with Crippen molar-refractivity contribution in [2.45, 2.75) is 52.5 Å². The highest BCUT2D eigenvalue weighted by molar-refractivity contribution is 5.73. The summed E-state index contributed by atoms with van der Waals surface area (Å²) in [5, 5.41) is 17.9. The number of aliphatic carboxylic acids is 1. The van der Waals surface area contributed by atoms with Gasteiger partial charge in [-0.25, -0.2) is 4.68 Å². The molecule has 0 fully saturated rings. The van der Waals surface area contributed by atoms with Gasteiger partial charge in [-0.1, -0.05) is 34.6 Å². The molecule has 0 saturated heterocycles. The smallest absolute Gasteiger partial charge is 0.325 e. The number of anilines is 1. The molecule has 0 bridgehead atoms. The maximum atomic E-state index is 11.0. The van der Waals surface area contributed by atoms with Gasteiger partial charge in [0.2, 0.25) is 0 Å². The number of nitrogens with zero attached hydrogens (tertiary/aromatic N) is 4. The summed E-state index contributed by atoms with van der Waals surface area (Å²) in [6.07, 6.45) is 0. The summed E-state index contributed by atoms with van der Waals surface area (Å²) in [5.41, 5.74) is 7.78. The molecule has 2 aromatic heterocycles. The fourth-order valence-corrected chi connectivity index (χ4v) is 2.20. The summed E-state index contributed by atoms with van der Waals surface area (Å²) < 4.78 is 3.08. The van der Waals surface area contributed by atoms with E-state index in [-0.39, 0.29) is 17.9 Å². The third kappa shape index (κ3) is 2.23. The van der Waals surface area contributed by atoms with E-state index in [1.807, 2.05) is 34.6 Å². The average Bonchev–Trinajstić information content (AvgIpc) is 2.76. The van der Waals surface area contributed by atoms with Crippen molar-refractivity contribution >= 4 is 17.3 Å². The first kappa shape index (κ1) is 14.4. The van der Waals surface area contributed by atoms with Gasteiger partial charge in [-0.2, -0.15) is 14.7 Å². The third-order valence-corrected chi connectivity index (χ3v) is 3.09. The molecule has 3 N–H and O–H groups in total. The lowest BCUT2D eigenvalue weighted by atomic mass is 9.91. The molecule has 0 amide bonds. The second-order valence-corrected chi connectivity index (χ2v) is 6.31. The molecule has 2 aromatic rings. The van der Waals surface area contributed by atoms with E-state index < -0.39 is 5.97 Å². The van der Waals surface area contributed by atoms with Gasteiger partial charge in [-0.05, 0) is 0 Å². The number of nitrogens with two attached hydrogens (primary N) is 1. The summed E-state index contributed by atoms with van der Waals surface area (Å²) in [4.78, 5) is 11.0. The molecule has 0 aliphatic rings. The van der Waals surface area contributed by atoms with E-state index in [9.17, 15) is 4.79 Å². The van der Waals surface area contributed by atoms with Crippen LogP contribution in [-0.2, 0) is 16.8 Å². The van der Waals surface area contributed by atoms with Crippen LogP contribution in [0, 0.1) is 0 Å². The number of carboxylic acids is 1. The van der Waals surface area contributed by atoms with Gasteiger partial charge in [0.15, 0.2) is 11.5 Å². The molecule has 0 atom stereocenters. The van der Waals surface area contributed by atoms with Crippen LogP contribution in [0.5, 0.6) is 0 Å². The van der Waals surface area contributed by atoms with E-state index in [4.69, 9.17) is 10.8 Å². The summed E-state index contributed by atoms with van der Waals surface area (Å²) in [6.45, 7) is 9.82. The van der Waals surface area contributed by atoms with Gasteiger partial charge in [0.05, 0.1) is 5.69 Å². The third-order valence-electron chi connectivity index (χ3n) is 3.09. The molecule has 7 heteroatoms. The van der Waals surface area contributed by atoms with E-state index in [2.05, 4.69) is 10.2 Å². The molecule has 0 unspecified atom stereocenters. The summed E-state index contributed by atoms with van der Waals surface area (Å²) in [6, 6.07) is 0. The SMILES string of the molecule is CC(C)c1nn(CC(=O)O)c2c(N)c(C(C)(C)C)nn12. The first-order valence-corrected chi connectivity index (χ1v) is 6.60. The van der Waals surface area contributed by atoms with Crippen LogP contribution in [0.2, 0.25) is 0 Å². The number of hydrogen-bond acceptors (Lipinski definition) is 4. The first-order chi connectivity index (χ1) is 9.12. The maximum Gasteiger partial charge on any atom is 0.325 e. The van der Waals surface area contributed by atoms with Gasteiger partial charge in [0, 0.05) is 11.3 Å². The summed E-state index contributed by atoms with van der Waals surface area (Å²) >= 11 is 0. The monoisotopic (exact) mass is 279 g/mol. The van der Waals surface area contributed by atoms with E-state index in [0.29, 0.717) is 17.2 Å². The van der Waals surface area contributed by atoms with Crippen molar-refractivity contribution in [3.05, 3.63) is 11.5 Å². The van der Waals surface area contributed by atoms with E-state index >= 15 is 0 Å². The topological polar surface area (TPSA) is 98.4 Å². The van der Waals surface area contributed by atoms with Crippen LogP contribution < -0.4 is 5.73 Å². The van der Waals surface area contributed by atoms with Crippen LogP contribution in [0.1, 0.15) is 52.1 Å². The highest BCUT2D eigenvalue weighted by Crippen LogP contribution is 2.31. The molecular formula is C13H21N5O2. The van der Waals surface area contributed by atoms with Crippen LogP contribution in [0.25, 0.3) is 5.65 Å². The lowest BCUT2D eigenvalue weighted by Crippen LogP contribution is -2.16. The predicted molar refractivity (Wildman–Crippen MR) is 75.8 cm³/mol. The lowest BCUT2D eigenvalue weighted by Gasteiger charge is -2.15. The zero-order chi connectivity index (χ0) is 15.2. The highest BCUT2D eigenvalue weighted by atomic mass is 16.4. The highest BCUT2D eigenvalue weighted by Gasteiger charge is 2.27. The van der Waals surface area contributed by atoms with Crippen molar-refractivity contribution in [1.82, 2.24) is 19.4 Å². The van der Waals surface area contributed by atoms with Gasteiger partial charge in [0.1, 0.15) is 12.2 Å². The molecule has 20 heavy (non-hydrogen) atoms. The quantitative estimate of drug-likeness (QED) is 0.889. The second-order valence-electron chi connectivity index (χ2n) is 6.31. The van der Waals surface area contributed by atoms with Crippen molar-refractivity contribution in [3.8, 4) is 0 Å². The standard InChI is InChI=1S/C13H21N5O2/c1-7(2)11-16-17(6-8(19)20)12-9(14)10(13(3,4)5)15-18(11)12/h7H,6,14H2,1-5H3,(H,19,20). The van der Waals surface area contributed by atoms with Gasteiger partial charge >= 0.3 is 5.97 Å². The molecule has 0 saturated carbocycles. The first-order valence-electron chi connectivity index (χ1n) is 6.60. The van der Waals surface area contributed by atoms with Crippen molar-refractivity contribution in [2.24, 2.45) is 0 Å². The zero-order valence-electron chi connectivity index (χ0n) is 12.5. The van der Waals surface area contributed by atoms with Gasteiger partial charge in [-0.3, -0.25) is 4.79 Å². The minimum Gasteiger partial charge on any atom is -0.480 e. The van der Waals surface area contributed by atoms with Crippen LogP contribution in [-0.4, -0.2) is 30.5 Å². The van der Waals surface area contributed by atoms with Crippen molar-refractivity contribution < 1.29 is 9.90 Å². The Balaban J connectivity index is 2.75. The van der Waals surface area contributed by atoms with Crippen LogP contribution in [0.15, 0.2) is 0 Å². The largest absolute Gasteiger partial charge is 0.480 e. The Hall–Kier alpha value is -2.05. The molecule has 2 rings (SSSR count). The molecular weight excluding hydrogens is 258 g/mol. The Morgan fingerprint density at radius 1 is 1.35 bits per heavy atom. The summed E-state index contributed by atoms with van der Waals surface area (Å²) in [7, 11) is 0. The molecule has 2 heterocycles. The Bertz CT molecular complexity index is 660.